The molecule has 0 aromatic carbocycles. The van der Waals surface area contributed by atoms with Crippen molar-refractivity contribution in [1.82, 2.24) is 5.32 Å². The Morgan fingerprint density at radius 3 is 1.26 bits per heavy atom. The zero-order valence-corrected chi connectivity index (χ0v) is 40.9. The minimum Gasteiger partial charge on any atom is -0.466 e. The maximum absolute atomic E-state index is 12.4. The van der Waals surface area contributed by atoms with Crippen molar-refractivity contribution in [2.45, 2.75) is 302 Å². The smallest absolute Gasteiger partial charge is 0.305 e. The molecule has 0 radical (unpaired) electrons. The number of esters is 1. The van der Waals surface area contributed by atoms with Gasteiger partial charge in [-0.3, -0.25) is 9.59 Å². The third kappa shape index (κ3) is 47.7. The van der Waals surface area contributed by atoms with Crippen LogP contribution >= 0.6 is 0 Å². The second-order valence-corrected chi connectivity index (χ2v) is 18.6. The lowest BCUT2D eigenvalue weighted by molar-refractivity contribution is -0.143. The summed E-state index contributed by atoms with van der Waals surface area (Å²) in [5.41, 5.74) is 0. The second kappa shape index (κ2) is 51.0. The van der Waals surface area contributed by atoms with E-state index in [1.807, 2.05) is 0 Å². The first-order valence-corrected chi connectivity index (χ1v) is 27.1. The molecule has 61 heavy (non-hydrogen) atoms. The third-order valence-electron chi connectivity index (χ3n) is 12.5. The molecule has 0 bridgehead atoms. The second-order valence-electron chi connectivity index (χ2n) is 18.6. The first-order valence-electron chi connectivity index (χ1n) is 27.1. The van der Waals surface area contributed by atoms with E-state index >= 15 is 0 Å². The van der Waals surface area contributed by atoms with Crippen LogP contribution in [-0.4, -0.2) is 47.4 Å². The number of aliphatic hydroxyl groups is 2. The van der Waals surface area contributed by atoms with Crippen molar-refractivity contribution in [1.29, 1.82) is 0 Å². The lowest BCUT2D eigenvalue weighted by Crippen LogP contribution is -2.45. The minimum atomic E-state index is -0.670. The first-order chi connectivity index (χ1) is 30.0. The lowest BCUT2D eigenvalue weighted by atomic mass is 10.0. The van der Waals surface area contributed by atoms with Gasteiger partial charge in [-0.15, -0.1) is 0 Å². The van der Waals surface area contributed by atoms with Crippen LogP contribution < -0.4 is 5.32 Å². The average Bonchev–Trinajstić information content (AvgIpc) is 3.26. The number of unbranched alkanes of at least 4 members (excludes halogenated alkanes) is 35. The van der Waals surface area contributed by atoms with Gasteiger partial charge in [0.25, 0.3) is 0 Å². The molecule has 0 rings (SSSR count). The van der Waals surface area contributed by atoms with Gasteiger partial charge in [0.1, 0.15) is 0 Å². The highest BCUT2D eigenvalue weighted by Gasteiger charge is 2.20. The lowest BCUT2D eigenvalue weighted by Gasteiger charge is -2.22. The summed E-state index contributed by atoms with van der Waals surface area (Å²) in [6.45, 7) is 4.91. The van der Waals surface area contributed by atoms with Gasteiger partial charge in [0, 0.05) is 12.8 Å². The van der Waals surface area contributed by atoms with Gasteiger partial charge in [-0.25, -0.2) is 0 Å². The summed E-state index contributed by atoms with van der Waals surface area (Å²) in [6, 6.07) is -0.548. The Hall–Kier alpha value is -1.66. The van der Waals surface area contributed by atoms with Crippen molar-refractivity contribution < 1.29 is 24.5 Å². The highest BCUT2D eigenvalue weighted by molar-refractivity contribution is 5.76. The van der Waals surface area contributed by atoms with Gasteiger partial charge in [-0.2, -0.15) is 0 Å². The normalized spacial score (nSPS) is 12.8. The Bertz CT molecular complexity index is 951. The van der Waals surface area contributed by atoms with Crippen LogP contribution in [0.15, 0.2) is 24.3 Å². The average molecular weight is 860 g/mol. The van der Waals surface area contributed by atoms with Gasteiger partial charge < -0.3 is 20.3 Å². The van der Waals surface area contributed by atoms with Crippen LogP contribution in [0.1, 0.15) is 290 Å². The maximum atomic E-state index is 12.4. The van der Waals surface area contributed by atoms with Crippen LogP contribution in [0.25, 0.3) is 0 Å². The third-order valence-corrected chi connectivity index (χ3v) is 12.5. The molecule has 0 heterocycles. The van der Waals surface area contributed by atoms with Gasteiger partial charge in [0.2, 0.25) is 5.91 Å². The van der Waals surface area contributed by atoms with Crippen LogP contribution in [0.5, 0.6) is 0 Å². The standard InChI is InChI=1S/C55H105NO5/c1-3-5-7-9-11-13-15-17-18-19-20-21-25-29-33-37-41-45-49-55(60)61-50-46-42-38-34-30-26-23-22-24-28-32-36-40-44-48-54(59)56-52(51-57)53(58)47-43-39-35-31-27-16-14-12-10-8-6-4-2/h13,15,18-19,52-53,57-58H,3-12,14,16-17,20-51H2,1-2H3,(H,56,59)/b15-13-,19-18-. The molecule has 0 saturated heterocycles. The summed E-state index contributed by atoms with van der Waals surface area (Å²) in [5, 5.41) is 23.2. The van der Waals surface area contributed by atoms with Gasteiger partial charge in [0.05, 0.1) is 25.4 Å². The summed E-state index contributed by atoms with van der Waals surface area (Å²) in [5.74, 6) is -0.0557. The summed E-state index contributed by atoms with van der Waals surface area (Å²) < 4.78 is 5.47. The van der Waals surface area contributed by atoms with E-state index < -0.39 is 12.1 Å². The number of aliphatic hydroxyl groups excluding tert-OH is 2. The van der Waals surface area contributed by atoms with Crippen molar-refractivity contribution in [2.75, 3.05) is 13.2 Å². The molecule has 0 aliphatic carbocycles. The molecule has 0 aromatic rings. The molecule has 0 aliphatic heterocycles. The van der Waals surface area contributed by atoms with Crippen molar-refractivity contribution in [3.8, 4) is 0 Å². The SMILES string of the molecule is CCCCCC/C=C\C/C=C\CCCCCCCCCC(=O)OCCCCCCCCCCCCCCCCC(=O)NC(CO)C(O)CCCCCCCCCCCCCC. The summed E-state index contributed by atoms with van der Waals surface area (Å²) in [4.78, 5) is 24.5. The fourth-order valence-corrected chi connectivity index (χ4v) is 8.32. The number of nitrogens with one attached hydrogen (secondary N) is 1. The van der Waals surface area contributed by atoms with Crippen molar-refractivity contribution in [3.05, 3.63) is 24.3 Å². The molecule has 6 heteroatoms. The van der Waals surface area contributed by atoms with E-state index in [0.29, 0.717) is 25.9 Å². The van der Waals surface area contributed by atoms with E-state index in [2.05, 4.69) is 43.5 Å². The monoisotopic (exact) mass is 860 g/mol. The number of hydrogen-bond donors (Lipinski definition) is 3. The molecule has 0 saturated carbocycles. The minimum absolute atomic E-state index is 0.00951. The van der Waals surface area contributed by atoms with E-state index in [9.17, 15) is 19.8 Å². The number of amides is 1. The molecule has 0 aliphatic rings. The number of carbonyl (C=O) groups excluding carboxylic acids is 2. The maximum Gasteiger partial charge on any atom is 0.305 e. The molecule has 0 aromatic heterocycles. The molecular weight excluding hydrogens is 755 g/mol. The Kier molecular flexibility index (Phi) is 49.6. The largest absolute Gasteiger partial charge is 0.466 e. The highest BCUT2D eigenvalue weighted by Crippen LogP contribution is 2.16. The molecule has 1 amide bonds. The van der Waals surface area contributed by atoms with Gasteiger partial charge in [0.15, 0.2) is 0 Å². The summed E-state index contributed by atoms with van der Waals surface area (Å²) >= 11 is 0. The first kappa shape index (κ1) is 59.3. The molecule has 6 nitrogen and oxygen atoms in total. The van der Waals surface area contributed by atoms with Crippen LogP contribution in [0, 0.1) is 0 Å². The topological polar surface area (TPSA) is 95.9 Å². The van der Waals surface area contributed by atoms with E-state index in [4.69, 9.17) is 4.74 Å². The summed E-state index contributed by atoms with van der Waals surface area (Å²) in [7, 11) is 0. The van der Waals surface area contributed by atoms with Crippen LogP contribution in [0.2, 0.25) is 0 Å². The molecule has 360 valence electrons. The fourth-order valence-electron chi connectivity index (χ4n) is 8.32. The zero-order valence-electron chi connectivity index (χ0n) is 40.9. The zero-order chi connectivity index (χ0) is 44.4. The van der Waals surface area contributed by atoms with Crippen molar-refractivity contribution in [3.63, 3.8) is 0 Å². The predicted molar refractivity (Wildman–Crippen MR) is 264 cm³/mol. The van der Waals surface area contributed by atoms with Gasteiger partial charge >= 0.3 is 5.97 Å². The quantitative estimate of drug-likeness (QED) is 0.0322. The van der Waals surface area contributed by atoms with Crippen molar-refractivity contribution >= 4 is 11.9 Å². The molecule has 0 fully saturated rings. The summed E-state index contributed by atoms with van der Waals surface area (Å²) in [6.07, 6.45) is 60.1. The van der Waals surface area contributed by atoms with E-state index in [1.54, 1.807) is 0 Å². The number of carbonyl (C=O) groups is 2. The Labute approximate surface area is 380 Å². The van der Waals surface area contributed by atoms with Crippen LogP contribution in [0.4, 0.5) is 0 Å². The Balaban J connectivity index is 3.43. The number of allylic oxidation sites excluding steroid dienone is 4. The van der Waals surface area contributed by atoms with Gasteiger partial charge in [-0.1, -0.05) is 244 Å². The molecule has 0 spiro atoms. The molecular formula is C55H105NO5. The predicted octanol–water partition coefficient (Wildman–Crippen LogP) is 16.3. The Morgan fingerprint density at radius 1 is 0.459 bits per heavy atom. The number of ether oxygens (including phenoxy) is 1. The van der Waals surface area contributed by atoms with Crippen LogP contribution in [0.3, 0.4) is 0 Å². The molecule has 2 unspecified atom stereocenters. The van der Waals surface area contributed by atoms with Gasteiger partial charge in [-0.05, 0) is 57.8 Å². The van der Waals surface area contributed by atoms with Crippen molar-refractivity contribution in [2.24, 2.45) is 0 Å². The molecule has 3 N–H and O–H groups in total. The molecule has 2 atom stereocenters. The number of rotatable bonds is 50. The fraction of sp³-hybridized carbons (Fsp3) is 0.891. The highest BCUT2D eigenvalue weighted by atomic mass is 16.5. The van der Waals surface area contributed by atoms with E-state index in [0.717, 1.165) is 57.8 Å². The van der Waals surface area contributed by atoms with E-state index in [-0.39, 0.29) is 18.5 Å². The number of hydrogen-bond acceptors (Lipinski definition) is 5. The van der Waals surface area contributed by atoms with E-state index in [1.165, 1.54) is 199 Å². The van der Waals surface area contributed by atoms with Crippen LogP contribution in [-0.2, 0) is 14.3 Å². The Morgan fingerprint density at radius 2 is 0.820 bits per heavy atom.